The fraction of sp³-hybridized carbons (Fsp3) is 0.417. The van der Waals surface area contributed by atoms with Crippen molar-refractivity contribution in [3.8, 4) is 0 Å². The van der Waals surface area contributed by atoms with Gasteiger partial charge in [0.1, 0.15) is 0 Å². The molecule has 1 aromatic carbocycles. The zero-order chi connectivity index (χ0) is 13.7. The molecule has 1 aliphatic rings. The van der Waals surface area contributed by atoms with Crippen molar-refractivity contribution in [2.45, 2.75) is 25.0 Å². The second-order valence-corrected chi connectivity index (χ2v) is 4.15. The van der Waals surface area contributed by atoms with E-state index in [0.29, 0.717) is 5.56 Å². The van der Waals surface area contributed by atoms with Gasteiger partial charge in [0.2, 0.25) is 0 Å². The van der Waals surface area contributed by atoms with Gasteiger partial charge in [0.25, 0.3) is 0 Å². The van der Waals surface area contributed by atoms with Crippen LogP contribution in [0.3, 0.4) is 0 Å². The number of esters is 1. The average molecular weight is 262 g/mol. The summed E-state index contributed by atoms with van der Waals surface area (Å²) < 4.78 is 28.6. The molecule has 0 aromatic heterocycles. The molecule has 0 saturated carbocycles. The van der Waals surface area contributed by atoms with Crippen LogP contribution in [0.25, 0.3) is 0 Å². The molecule has 1 aromatic rings. The van der Waals surface area contributed by atoms with Crippen LogP contribution in [0.1, 0.15) is 16.8 Å². The van der Waals surface area contributed by atoms with E-state index in [-0.39, 0.29) is 13.0 Å². The molecule has 1 heterocycles. The van der Waals surface area contributed by atoms with Gasteiger partial charge in [-0.15, -0.1) is 0 Å². The minimum absolute atomic E-state index is 0.00511. The number of benzene rings is 1. The second kappa shape index (κ2) is 6.61. The van der Waals surface area contributed by atoms with E-state index in [1.54, 1.807) is 24.3 Å². The van der Waals surface area contributed by atoms with Gasteiger partial charge in [0, 0.05) is 0 Å². The predicted octanol–water partition coefficient (Wildman–Crippen LogP) is 0.748. The Morgan fingerprint density at radius 3 is 2.89 bits per heavy atom. The average Bonchev–Trinajstić information content (AvgIpc) is 2.78. The van der Waals surface area contributed by atoms with Crippen molar-refractivity contribution in [3.63, 3.8) is 0 Å². The summed E-state index contributed by atoms with van der Waals surface area (Å²) in [5, 5.41) is 0. The molecule has 2 rings (SSSR count). The summed E-state index contributed by atoms with van der Waals surface area (Å²) in [5.74, 6) is -0.451. The number of halogens is 1. The molecule has 0 amide bonds. The molecule has 0 aliphatic carbocycles. The summed E-state index contributed by atoms with van der Waals surface area (Å²) in [7, 11) is 4.48. The first-order valence-electron chi connectivity index (χ1n) is 5.98. The number of ether oxygens (including phenoxy) is 2. The van der Waals surface area contributed by atoms with E-state index in [2.05, 4.69) is 7.37 Å². The van der Waals surface area contributed by atoms with Crippen LogP contribution in [0.15, 0.2) is 30.3 Å². The molecule has 3 atom stereocenters. The first kappa shape index (κ1) is 13.9. The quantitative estimate of drug-likeness (QED) is 0.580. The Balaban J connectivity index is 1.80. The minimum atomic E-state index is -1.24. The Hall–Kier alpha value is -1.49. The summed E-state index contributed by atoms with van der Waals surface area (Å²) >= 11 is 0. The van der Waals surface area contributed by atoms with Crippen LogP contribution in [0.5, 0.6) is 0 Å². The molecule has 0 N–H and O–H groups in total. The van der Waals surface area contributed by atoms with E-state index < -0.39 is 24.5 Å². The van der Waals surface area contributed by atoms with Crippen LogP contribution in [0.4, 0.5) is 4.39 Å². The van der Waals surface area contributed by atoms with Crippen LogP contribution in [-0.2, 0) is 14.1 Å². The number of hydrogen-bond donors (Lipinski definition) is 0. The van der Waals surface area contributed by atoms with Crippen molar-refractivity contribution >= 4 is 20.3 Å². The molecule has 1 aliphatic heterocycles. The third kappa shape index (κ3) is 3.73. The molecule has 19 heavy (non-hydrogen) atoms. The molecular weight excluding hydrogens is 249 g/mol. The Kier molecular flexibility index (Phi) is 4.85. The van der Waals surface area contributed by atoms with Crippen LogP contribution in [0.2, 0.25) is 0 Å². The van der Waals surface area contributed by atoms with E-state index in [1.165, 1.54) is 0 Å². The van der Waals surface area contributed by atoms with Gasteiger partial charge < -0.3 is 0 Å². The molecule has 98 valence electrons. The molecule has 7 heteroatoms. The standard InChI is InChI=1S/C12H13B2FO4/c13-14-19-12-10(15)6-9(18-12)7-17-11(16)8-4-2-1-3-5-8/h1-5,9-10,12-13H,6-7H2/t9-,10-,12?/m0/s1. The number of rotatable bonds is 5. The van der Waals surface area contributed by atoms with E-state index in [9.17, 15) is 9.18 Å². The van der Waals surface area contributed by atoms with Gasteiger partial charge in [-0.05, 0) is 0 Å². The van der Waals surface area contributed by atoms with E-state index in [4.69, 9.17) is 14.1 Å². The molecule has 1 unspecified atom stereocenters. The van der Waals surface area contributed by atoms with Crippen LogP contribution in [0, 0.1) is 0 Å². The molecule has 0 spiro atoms. The third-order valence-electron chi connectivity index (χ3n) is 2.75. The fourth-order valence-corrected chi connectivity index (χ4v) is 1.84. The monoisotopic (exact) mass is 262 g/mol. The van der Waals surface area contributed by atoms with Crippen molar-refractivity contribution in [1.29, 1.82) is 0 Å². The molecule has 0 bridgehead atoms. The maximum absolute atomic E-state index is 13.4. The second-order valence-electron chi connectivity index (χ2n) is 4.15. The van der Waals surface area contributed by atoms with Gasteiger partial charge >= 0.3 is 111 Å². The van der Waals surface area contributed by atoms with E-state index in [0.717, 1.165) is 7.00 Å². The predicted molar refractivity (Wildman–Crippen MR) is 68.9 cm³/mol. The molecule has 1 saturated heterocycles. The topological polar surface area (TPSA) is 44.8 Å². The van der Waals surface area contributed by atoms with Gasteiger partial charge in [-0.3, -0.25) is 0 Å². The van der Waals surface area contributed by atoms with Gasteiger partial charge in [-0.2, -0.15) is 0 Å². The Labute approximate surface area is 112 Å². The summed E-state index contributed by atoms with van der Waals surface area (Å²) in [6.07, 6.45) is -2.55. The molecular formula is C12H13B2FO4. The van der Waals surface area contributed by atoms with Gasteiger partial charge in [0.15, 0.2) is 0 Å². The van der Waals surface area contributed by atoms with Gasteiger partial charge in [-0.1, -0.05) is 0 Å². The number of hydrogen-bond acceptors (Lipinski definition) is 4. The van der Waals surface area contributed by atoms with Crippen molar-refractivity contribution in [2.24, 2.45) is 0 Å². The summed E-state index contributed by atoms with van der Waals surface area (Å²) in [6, 6.07) is 8.60. The van der Waals surface area contributed by atoms with Crippen LogP contribution >= 0.6 is 0 Å². The van der Waals surface area contributed by atoms with E-state index >= 15 is 0 Å². The third-order valence-corrected chi connectivity index (χ3v) is 2.75. The Morgan fingerprint density at radius 1 is 1.47 bits per heavy atom. The van der Waals surface area contributed by atoms with Gasteiger partial charge in [0.05, 0.1) is 0 Å². The van der Waals surface area contributed by atoms with Crippen LogP contribution in [-0.4, -0.2) is 45.5 Å². The zero-order valence-electron chi connectivity index (χ0n) is 10.3. The molecule has 4 nitrogen and oxygen atoms in total. The molecule has 0 radical (unpaired) electrons. The Bertz CT molecular complexity index is 443. The Morgan fingerprint density at radius 2 is 2.21 bits per heavy atom. The molecule has 1 fully saturated rings. The summed E-state index contributed by atoms with van der Waals surface area (Å²) in [4.78, 5) is 11.7. The summed E-state index contributed by atoms with van der Waals surface area (Å²) in [5.41, 5.74) is 0.455. The number of carbonyl (C=O) groups excluding carboxylic acids is 1. The maximum atomic E-state index is 13.4. The van der Waals surface area contributed by atoms with Crippen molar-refractivity contribution in [1.82, 2.24) is 0 Å². The fourth-order valence-electron chi connectivity index (χ4n) is 1.84. The van der Waals surface area contributed by atoms with Crippen molar-refractivity contribution in [3.05, 3.63) is 35.9 Å². The first-order valence-corrected chi connectivity index (χ1v) is 5.98. The SMILES string of the molecule is B=BOC1O[C@H](COC(=O)c2ccccc2)C[C@@H]1F. The van der Waals surface area contributed by atoms with Crippen LogP contribution < -0.4 is 0 Å². The summed E-state index contributed by atoms with van der Waals surface area (Å²) in [6.45, 7) is 0.00511. The van der Waals surface area contributed by atoms with E-state index in [1.807, 2.05) is 6.07 Å². The first-order chi connectivity index (χ1) is 9.20. The van der Waals surface area contributed by atoms with Gasteiger partial charge in [-0.25, -0.2) is 0 Å². The van der Waals surface area contributed by atoms with Crippen molar-refractivity contribution in [2.75, 3.05) is 6.61 Å². The van der Waals surface area contributed by atoms with Crippen molar-refractivity contribution < 1.29 is 23.3 Å². The normalized spacial score (nSPS) is 25.6. The number of alkyl halides is 1. The zero-order valence-corrected chi connectivity index (χ0v) is 10.3. The number of carbonyl (C=O) groups is 1.